The lowest BCUT2D eigenvalue weighted by Crippen LogP contribution is -2.37. The molecular formula is C24H40N2O3. The van der Waals surface area contributed by atoms with Crippen molar-refractivity contribution in [2.45, 2.75) is 84.2 Å². The number of piperidine rings is 1. The van der Waals surface area contributed by atoms with Crippen LogP contribution in [0.5, 0.6) is 5.75 Å². The van der Waals surface area contributed by atoms with Gasteiger partial charge in [0.25, 0.3) is 0 Å². The molecule has 1 aliphatic rings. The highest BCUT2D eigenvalue weighted by Crippen LogP contribution is 2.17. The number of nitrogens with zero attached hydrogens (tertiary/aromatic N) is 1. The van der Waals surface area contributed by atoms with Crippen LogP contribution in [0.25, 0.3) is 0 Å². The minimum Gasteiger partial charge on any atom is -0.494 e. The van der Waals surface area contributed by atoms with Gasteiger partial charge in [0.15, 0.2) is 0 Å². The van der Waals surface area contributed by atoms with Crippen LogP contribution >= 0.6 is 0 Å². The minimum atomic E-state index is -0.397. The van der Waals surface area contributed by atoms with Crippen LogP contribution in [0.4, 0.5) is 10.5 Å². The molecule has 1 atom stereocenters. The summed E-state index contributed by atoms with van der Waals surface area (Å²) in [5, 5.41) is 2.80. The predicted octanol–water partition coefficient (Wildman–Crippen LogP) is 6.24. The molecule has 164 valence electrons. The molecule has 0 spiro atoms. The van der Waals surface area contributed by atoms with Crippen molar-refractivity contribution in [2.75, 3.05) is 31.6 Å². The number of rotatable bonds is 13. The van der Waals surface area contributed by atoms with Gasteiger partial charge in [0.05, 0.1) is 6.61 Å². The number of anilines is 1. The predicted molar refractivity (Wildman–Crippen MR) is 120 cm³/mol. The van der Waals surface area contributed by atoms with Crippen LogP contribution in [0, 0.1) is 0 Å². The van der Waals surface area contributed by atoms with Gasteiger partial charge in [-0.1, -0.05) is 51.9 Å². The fraction of sp³-hybridized carbons (Fsp3) is 0.708. The van der Waals surface area contributed by atoms with Crippen LogP contribution in [-0.2, 0) is 4.74 Å². The number of hydrogen-bond acceptors (Lipinski definition) is 4. The van der Waals surface area contributed by atoms with E-state index in [4.69, 9.17) is 9.47 Å². The third kappa shape index (κ3) is 10.6. The molecule has 1 amide bonds. The number of amides is 1. The van der Waals surface area contributed by atoms with E-state index in [2.05, 4.69) is 17.1 Å². The normalized spacial score (nSPS) is 15.7. The van der Waals surface area contributed by atoms with E-state index in [-0.39, 0.29) is 6.10 Å². The number of hydrogen-bond donors (Lipinski definition) is 1. The molecule has 1 aromatic rings. The van der Waals surface area contributed by atoms with E-state index in [0.29, 0.717) is 0 Å². The molecule has 1 N–H and O–H groups in total. The van der Waals surface area contributed by atoms with Crippen LogP contribution in [0.3, 0.4) is 0 Å². The Bertz CT molecular complexity index is 556. The lowest BCUT2D eigenvalue weighted by molar-refractivity contribution is 0.0833. The second-order valence-electron chi connectivity index (χ2n) is 8.20. The Morgan fingerprint density at radius 2 is 1.66 bits per heavy atom. The van der Waals surface area contributed by atoms with Crippen molar-refractivity contribution in [1.29, 1.82) is 0 Å². The molecular weight excluding hydrogens is 364 g/mol. The SMILES string of the molecule is CCCCCCCCCOc1ccc(NC(=O)O[C@@H](C)CN2CCCCC2)cc1. The summed E-state index contributed by atoms with van der Waals surface area (Å²) in [6.07, 6.45) is 12.2. The van der Waals surface area contributed by atoms with E-state index in [0.717, 1.165) is 44.1 Å². The molecule has 5 heteroatoms. The summed E-state index contributed by atoms with van der Waals surface area (Å²) in [4.78, 5) is 14.5. The van der Waals surface area contributed by atoms with Crippen LogP contribution in [0.1, 0.15) is 78.1 Å². The van der Waals surface area contributed by atoms with Gasteiger partial charge in [-0.05, 0) is 63.5 Å². The van der Waals surface area contributed by atoms with Gasteiger partial charge < -0.3 is 9.47 Å². The molecule has 0 bridgehead atoms. The van der Waals surface area contributed by atoms with Crippen LogP contribution in [-0.4, -0.2) is 43.3 Å². The number of carbonyl (C=O) groups excluding carboxylic acids is 1. The third-order valence-electron chi connectivity index (χ3n) is 5.39. The molecule has 0 unspecified atom stereocenters. The van der Waals surface area contributed by atoms with Crippen LogP contribution in [0.2, 0.25) is 0 Å². The Morgan fingerprint density at radius 3 is 2.34 bits per heavy atom. The van der Waals surface area contributed by atoms with Crippen molar-refractivity contribution in [3.05, 3.63) is 24.3 Å². The highest BCUT2D eigenvalue weighted by molar-refractivity contribution is 5.84. The zero-order valence-corrected chi connectivity index (χ0v) is 18.5. The first-order valence-corrected chi connectivity index (χ1v) is 11.6. The fourth-order valence-electron chi connectivity index (χ4n) is 3.76. The Kier molecular flexibility index (Phi) is 11.6. The molecule has 1 heterocycles. The maximum absolute atomic E-state index is 12.1. The van der Waals surface area contributed by atoms with Gasteiger partial charge in [0.2, 0.25) is 0 Å². The zero-order chi connectivity index (χ0) is 20.7. The highest BCUT2D eigenvalue weighted by atomic mass is 16.6. The Labute approximate surface area is 177 Å². The standard InChI is InChI=1S/C24H40N2O3/c1-3-4-5-6-7-8-12-19-28-23-15-13-22(14-16-23)25-24(27)29-21(2)20-26-17-10-9-11-18-26/h13-16,21H,3-12,17-20H2,1-2H3,(H,25,27)/t21-/m0/s1. The van der Waals surface area contributed by atoms with Crippen molar-refractivity contribution < 1.29 is 14.3 Å². The monoisotopic (exact) mass is 404 g/mol. The van der Waals surface area contributed by atoms with E-state index in [9.17, 15) is 4.79 Å². The second kappa shape index (κ2) is 14.3. The van der Waals surface area contributed by atoms with Gasteiger partial charge in [0.1, 0.15) is 11.9 Å². The molecule has 1 fully saturated rings. The molecule has 0 aromatic heterocycles. The zero-order valence-electron chi connectivity index (χ0n) is 18.5. The average Bonchev–Trinajstić information content (AvgIpc) is 2.71. The maximum Gasteiger partial charge on any atom is 0.411 e. The summed E-state index contributed by atoms with van der Waals surface area (Å²) in [5.74, 6) is 0.841. The fourth-order valence-corrected chi connectivity index (χ4v) is 3.76. The minimum absolute atomic E-state index is 0.113. The Morgan fingerprint density at radius 1 is 1.00 bits per heavy atom. The van der Waals surface area contributed by atoms with E-state index in [1.807, 2.05) is 31.2 Å². The van der Waals surface area contributed by atoms with Crippen LogP contribution < -0.4 is 10.1 Å². The second-order valence-corrected chi connectivity index (χ2v) is 8.20. The molecule has 1 saturated heterocycles. The highest BCUT2D eigenvalue weighted by Gasteiger charge is 2.16. The van der Waals surface area contributed by atoms with Crippen molar-refractivity contribution in [2.24, 2.45) is 0 Å². The number of unbranched alkanes of at least 4 members (excludes halogenated alkanes) is 6. The molecule has 5 nitrogen and oxygen atoms in total. The summed E-state index contributed by atoms with van der Waals surface area (Å²) >= 11 is 0. The van der Waals surface area contributed by atoms with Crippen molar-refractivity contribution >= 4 is 11.8 Å². The van der Waals surface area contributed by atoms with E-state index >= 15 is 0 Å². The van der Waals surface area contributed by atoms with Gasteiger partial charge in [0, 0.05) is 12.2 Å². The quantitative estimate of drug-likeness (QED) is 0.395. The smallest absolute Gasteiger partial charge is 0.411 e. The number of carbonyl (C=O) groups is 1. The van der Waals surface area contributed by atoms with Crippen molar-refractivity contribution in [3.8, 4) is 5.75 Å². The van der Waals surface area contributed by atoms with Crippen LogP contribution in [0.15, 0.2) is 24.3 Å². The Hall–Kier alpha value is -1.75. The number of benzene rings is 1. The van der Waals surface area contributed by atoms with Gasteiger partial charge in [-0.3, -0.25) is 10.2 Å². The van der Waals surface area contributed by atoms with E-state index < -0.39 is 6.09 Å². The molecule has 1 aromatic carbocycles. The first kappa shape index (κ1) is 23.5. The van der Waals surface area contributed by atoms with Gasteiger partial charge in [-0.25, -0.2) is 4.79 Å². The third-order valence-corrected chi connectivity index (χ3v) is 5.39. The average molecular weight is 405 g/mol. The molecule has 0 saturated carbocycles. The summed E-state index contributed by atoms with van der Waals surface area (Å²) < 4.78 is 11.3. The molecule has 2 rings (SSSR count). The van der Waals surface area contributed by atoms with E-state index in [1.165, 1.54) is 57.8 Å². The molecule has 0 radical (unpaired) electrons. The summed E-state index contributed by atoms with van der Waals surface area (Å²) in [6, 6.07) is 7.51. The summed E-state index contributed by atoms with van der Waals surface area (Å²) in [5.41, 5.74) is 0.725. The maximum atomic E-state index is 12.1. The summed E-state index contributed by atoms with van der Waals surface area (Å²) in [6.45, 7) is 7.96. The topological polar surface area (TPSA) is 50.8 Å². The number of nitrogens with one attached hydrogen (secondary N) is 1. The van der Waals surface area contributed by atoms with Crippen molar-refractivity contribution in [1.82, 2.24) is 4.90 Å². The first-order chi connectivity index (χ1) is 14.2. The van der Waals surface area contributed by atoms with Crippen molar-refractivity contribution in [3.63, 3.8) is 0 Å². The van der Waals surface area contributed by atoms with Gasteiger partial charge in [-0.2, -0.15) is 0 Å². The largest absolute Gasteiger partial charge is 0.494 e. The Balaban J connectivity index is 1.58. The molecule has 0 aliphatic carbocycles. The summed E-state index contributed by atoms with van der Waals surface area (Å²) in [7, 11) is 0. The van der Waals surface area contributed by atoms with Gasteiger partial charge >= 0.3 is 6.09 Å². The first-order valence-electron chi connectivity index (χ1n) is 11.6. The van der Waals surface area contributed by atoms with Gasteiger partial charge in [-0.15, -0.1) is 0 Å². The lowest BCUT2D eigenvalue weighted by Gasteiger charge is -2.28. The number of ether oxygens (including phenoxy) is 2. The molecule has 29 heavy (non-hydrogen) atoms. The van der Waals surface area contributed by atoms with E-state index in [1.54, 1.807) is 0 Å². The lowest BCUT2D eigenvalue weighted by atomic mass is 10.1. The number of likely N-dealkylation sites (tertiary alicyclic amines) is 1. The molecule has 1 aliphatic heterocycles.